The Labute approximate surface area is 275 Å². The van der Waals surface area contributed by atoms with Crippen molar-refractivity contribution >= 4 is 23.5 Å². The predicted octanol–water partition coefficient (Wildman–Crippen LogP) is 5.05. The lowest BCUT2D eigenvalue weighted by atomic mass is 9.91. The molecular weight excluding hydrogens is 594 g/mol. The number of anilines is 1. The molecule has 0 unspecified atom stereocenters. The molecule has 2 aliphatic heterocycles. The highest BCUT2D eigenvalue weighted by Gasteiger charge is 2.30. The molecule has 2 aliphatic rings. The molecule has 0 saturated heterocycles. The zero-order valence-corrected chi connectivity index (χ0v) is 28.3. The monoisotopic (exact) mass is 637 g/mol. The van der Waals surface area contributed by atoms with Gasteiger partial charge in [-0.3, -0.25) is 9.59 Å². The maximum absolute atomic E-state index is 13.7. The van der Waals surface area contributed by atoms with E-state index in [4.69, 9.17) is 9.72 Å². The molecule has 0 aliphatic carbocycles. The van der Waals surface area contributed by atoms with E-state index in [1.807, 2.05) is 94.2 Å². The first kappa shape index (κ1) is 32.2. The molecule has 47 heavy (non-hydrogen) atoms. The van der Waals surface area contributed by atoms with E-state index in [-0.39, 0.29) is 24.2 Å². The van der Waals surface area contributed by atoms with E-state index in [0.29, 0.717) is 43.4 Å². The van der Waals surface area contributed by atoms with Gasteiger partial charge in [0.05, 0.1) is 17.9 Å². The molecule has 11 nitrogen and oxygen atoms in total. The number of rotatable bonds is 6. The first-order valence-electron chi connectivity index (χ1n) is 16.1. The number of Topliss-reactive ketones (excluding diaryl/α,β-unsaturated/α-hetero) is 1. The Balaban J connectivity index is 1.20. The minimum absolute atomic E-state index is 0.0864. The molecule has 246 valence electrons. The third-order valence-corrected chi connectivity index (χ3v) is 9.16. The van der Waals surface area contributed by atoms with Crippen LogP contribution in [0.25, 0.3) is 11.1 Å². The average molecular weight is 638 g/mol. The molecule has 0 bridgehead atoms. The number of carbonyl (C=O) groups excluding carboxylic acids is 3. The molecule has 11 heteroatoms. The predicted molar refractivity (Wildman–Crippen MR) is 180 cm³/mol. The molecule has 2 aromatic heterocycles. The summed E-state index contributed by atoms with van der Waals surface area (Å²) in [5.74, 6) is 0.453. The van der Waals surface area contributed by atoms with Crippen molar-refractivity contribution in [2.75, 3.05) is 18.4 Å². The Bertz CT molecular complexity index is 1900. The first-order chi connectivity index (χ1) is 22.3. The van der Waals surface area contributed by atoms with E-state index >= 15 is 0 Å². The van der Waals surface area contributed by atoms with Crippen molar-refractivity contribution in [2.24, 2.45) is 14.1 Å². The molecule has 2 N–H and O–H groups in total. The summed E-state index contributed by atoms with van der Waals surface area (Å²) in [5.41, 5.74) is 8.65. The Hall–Kier alpha value is -4.77. The van der Waals surface area contributed by atoms with E-state index in [9.17, 15) is 14.4 Å². The fourth-order valence-corrected chi connectivity index (χ4v) is 6.58. The third-order valence-electron chi connectivity index (χ3n) is 9.16. The maximum Gasteiger partial charge on any atom is 0.410 e. The average Bonchev–Trinajstić information content (AvgIpc) is 3.55. The fraction of sp³-hybridized carbons (Fsp3) is 0.417. The van der Waals surface area contributed by atoms with Gasteiger partial charge in [-0.2, -0.15) is 0 Å². The van der Waals surface area contributed by atoms with Crippen molar-refractivity contribution in [2.45, 2.75) is 72.6 Å². The molecule has 0 spiro atoms. The van der Waals surface area contributed by atoms with Gasteiger partial charge in [0.2, 0.25) is 5.78 Å². The molecule has 0 fully saturated rings. The van der Waals surface area contributed by atoms with E-state index in [0.717, 1.165) is 63.6 Å². The number of aromatic nitrogens is 4. The molecule has 0 atom stereocenters. The number of nitrogens with one attached hydrogen (secondary N) is 2. The lowest BCUT2D eigenvalue weighted by Crippen LogP contribution is -2.40. The van der Waals surface area contributed by atoms with Crippen LogP contribution in [0.5, 0.6) is 0 Å². The van der Waals surface area contributed by atoms with Gasteiger partial charge in [0.25, 0.3) is 5.91 Å². The molecule has 4 heterocycles. The van der Waals surface area contributed by atoms with Gasteiger partial charge in [0, 0.05) is 70.1 Å². The number of ketones is 1. The second kappa shape index (κ2) is 12.4. The lowest BCUT2D eigenvalue weighted by molar-refractivity contribution is 0.0220. The summed E-state index contributed by atoms with van der Waals surface area (Å²) in [6, 6.07) is 11.8. The highest BCUT2D eigenvalue weighted by molar-refractivity contribution is 6.03. The van der Waals surface area contributed by atoms with Gasteiger partial charge < -0.3 is 29.4 Å². The standard InChI is InChI=1S/C36H43N7O4/c1-21-23(18-31(44)32-39-28-20-43(17-15-30(28)41(32)6)35(46)47-36(3,4)5)10-8-11-24(21)25-12-9-13-26(22(25)2)40-34(45)33-38-27-19-37-16-14-29(27)42(33)7/h8-13,37H,14-20H2,1-7H3,(H,40,45). The SMILES string of the molecule is Cc1c(CC(=O)c2nc3c(n2C)CCN(C(=O)OC(C)(C)C)C3)cccc1-c1cccc(NC(=O)c2nc3c(n2C)CCNC3)c1C. The molecule has 0 saturated carbocycles. The zero-order valence-electron chi connectivity index (χ0n) is 28.3. The van der Waals surface area contributed by atoms with Crippen LogP contribution in [0.15, 0.2) is 36.4 Å². The van der Waals surface area contributed by atoms with E-state index in [1.54, 1.807) is 4.90 Å². The van der Waals surface area contributed by atoms with Crippen LogP contribution in [0.2, 0.25) is 0 Å². The number of fused-ring (bicyclic) bond motifs is 2. The van der Waals surface area contributed by atoms with Crippen LogP contribution >= 0.6 is 0 Å². The van der Waals surface area contributed by atoms with Crippen LogP contribution in [-0.2, 0) is 51.2 Å². The number of ether oxygens (including phenoxy) is 1. The quantitative estimate of drug-likeness (QED) is 0.284. The van der Waals surface area contributed by atoms with Gasteiger partial charge >= 0.3 is 6.09 Å². The number of benzene rings is 2. The number of carbonyl (C=O) groups is 3. The minimum Gasteiger partial charge on any atom is -0.444 e. The molecule has 6 rings (SSSR count). The van der Waals surface area contributed by atoms with Gasteiger partial charge in [0.15, 0.2) is 11.6 Å². The Morgan fingerprint density at radius 3 is 2.28 bits per heavy atom. The normalized spacial score (nSPS) is 14.4. The molecular formula is C36H43N7O4. The summed E-state index contributed by atoms with van der Waals surface area (Å²) in [7, 11) is 3.76. The van der Waals surface area contributed by atoms with E-state index in [1.165, 1.54) is 0 Å². The summed E-state index contributed by atoms with van der Waals surface area (Å²) in [6.45, 7) is 11.9. The Kier molecular flexibility index (Phi) is 8.52. The van der Waals surface area contributed by atoms with Gasteiger partial charge in [-0.1, -0.05) is 30.3 Å². The first-order valence-corrected chi connectivity index (χ1v) is 16.1. The summed E-state index contributed by atoms with van der Waals surface area (Å²) in [5, 5.41) is 6.40. The van der Waals surface area contributed by atoms with Crippen molar-refractivity contribution in [1.82, 2.24) is 29.3 Å². The molecule has 4 aromatic rings. The highest BCUT2D eigenvalue weighted by atomic mass is 16.6. The van der Waals surface area contributed by atoms with Crippen molar-refractivity contribution in [1.29, 1.82) is 0 Å². The fourth-order valence-electron chi connectivity index (χ4n) is 6.58. The van der Waals surface area contributed by atoms with Gasteiger partial charge in [-0.25, -0.2) is 14.8 Å². The second-order valence-electron chi connectivity index (χ2n) is 13.5. The van der Waals surface area contributed by atoms with Crippen molar-refractivity contribution in [3.63, 3.8) is 0 Å². The number of hydrogen-bond donors (Lipinski definition) is 2. The largest absolute Gasteiger partial charge is 0.444 e. The number of nitrogens with zero attached hydrogens (tertiary/aromatic N) is 5. The topological polar surface area (TPSA) is 123 Å². The van der Waals surface area contributed by atoms with E-state index < -0.39 is 5.60 Å². The summed E-state index contributed by atoms with van der Waals surface area (Å²) >= 11 is 0. The van der Waals surface area contributed by atoms with Crippen LogP contribution in [0.3, 0.4) is 0 Å². The van der Waals surface area contributed by atoms with Crippen LogP contribution in [0.1, 0.15) is 81.5 Å². The van der Waals surface area contributed by atoms with Crippen LogP contribution in [0.4, 0.5) is 10.5 Å². The smallest absolute Gasteiger partial charge is 0.410 e. The van der Waals surface area contributed by atoms with Crippen LogP contribution in [-0.4, -0.2) is 60.5 Å². The van der Waals surface area contributed by atoms with Crippen LogP contribution in [0, 0.1) is 13.8 Å². The minimum atomic E-state index is -0.583. The van der Waals surface area contributed by atoms with Crippen molar-refractivity contribution < 1.29 is 19.1 Å². The van der Waals surface area contributed by atoms with Gasteiger partial charge in [0.1, 0.15) is 5.60 Å². The molecule has 2 aromatic carbocycles. The zero-order chi connectivity index (χ0) is 33.6. The van der Waals surface area contributed by atoms with Crippen molar-refractivity contribution in [3.8, 4) is 11.1 Å². The second-order valence-corrected chi connectivity index (χ2v) is 13.5. The summed E-state index contributed by atoms with van der Waals surface area (Å²) < 4.78 is 9.31. The van der Waals surface area contributed by atoms with E-state index in [2.05, 4.69) is 15.6 Å². The molecule has 2 amide bonds. The molecule has 0 radical (unpaired) electrons. The lowest BCUT2D eigenvalue weighted by Gasteiger charge is -2.29. The number of imidazole rings is 2. The third kappa shape index (κ3) is 6.32. The number of hydrogen-bond acceptors (Lipinski definition) is 7. The Morgan fingerprint density at radius 1 is 0.894 bits per heavy atom. The highest BCUT2D eigenvalue weighted by Crippen LogP contribution is 2.33. The summed E-state index contributed by atoms with van der Waals surface area (Å²) in [4.78, 5) is 50.7. The van der Waals surface area contributed by atoms with Crippen LogP contribution < -0.4 is 10.6 Å². The number of amides is 2. The van der Waals surface area contributed by atoms with Gasteiger partial charge in [-0.05, 0) is 68.5 Å². The Morgan fingerprint density at radius 2 is 1.55 bits per heavy atom. The maximum atomic E-state index is 13.7. The van der Waals surface area contributed by atoms with Crippen molar-refractivity contribution in [3.05, 3.63) is 87.5 Å². The summed E-state index contributed by atoms with van der Waals surface area (Å²) in [6.07, 6.45) is 1.26. The van der Waals surface area contributed by atoms with Gasteiger partial charge in [-0.15, -0.1) is 0 Å².